The molecule has 2 unspecified atom stereocenters. The zero-order valence-corrected chi connectivity index (χ0v) is 92.9. The molecule has 0 bridgehead atoms. The number of aryl methyl sites for hydroxylation is 4. The van der Waals surface area contributed by atoms with Gasteiger partial charge in [0.15, 0.2) is 0 Å². The van der Waals surface area contributed by atoms with Crippen LogP contribution in [-0.4, -0.2) is 0 Å². The minimum atomic E-state index is -4.51. The Morgan fingerprint density at radius 1 is 0.188 bits per heavy atom. The first-order chi connectivity index (χ1) is 66.3. The van der Waals surface area contributed by atoms with E-state index in [1.54, 1.807) is 0 Å². The summed E-state index contributed by atoms with van der Waals surface area (Å²) in [7, 11) is 0. The van der Waals surface area contributed by atoms with Crippen LogP contribution in [0.1, 0.15) is 61.9 Å². The summed E-state index contributed by atoms with van der Waals surface area (Å²) in [6, 6.07) is 125. The molecule has 2 atom stereocenters. The van der Waals surface area contributed by atoms with Gasteiger partial charge in [0.05, 0.1) is 11.1 Å². The van der Waals surface area contributed by atoms with Gasteiger partial charge in [-0.05, 0) is 301 Å². The fourth-order valence-corrected chi connectivity index (χ4v) is 24.9. The summed E-state index contributed by atoms with van der Waals surface area (Å²) in [4.78, 5) is 0. The van der Waals surface area contributed by atoms with E-state index >= 15 is 0 Å². The molecule has 0 nitrogen and oxygen atoms in total. The summed E-state index contributed by atoms with van der Waals surface area (Å²) < 4.78 is 91.5. The largest absolute Gasteiger partial charge is 0.416 e. The zero-order chi connectivity index (χ0) is 97.1. The van der Waals surface area contributed by atoms with Crippen LogP contribution < -0.4 is 0 Å². The predicted molar refractivity (Wildman–Crippen MR) is 607 cm³/mol. The van der Waals surface area contributed by atoms with Gasteiger partial charge in [-0.15, -0.1) is 0 Å². The molecule has 138 heavy (non-hydrogen) atoms. The summed E-state index contributed by atoms with van der Waals surface area (Å²) in [6.45, 7) is 8.52. The predicted octanol–water partition coefficient (Wildman–Crippen LogP) is 43.6. The van der Waals surface area contributed by atoms with Gasteiger partial charge in [0.2, 0.25) is 0 Å². The van der Waals surface area contributed by atoms with Crippen molar-refractivity contribution in [2.45, 2.75) is 51.9 Å². The van der Waals surface area contributed by atoms with Gasteiger partial charge in [-0.2, -0.15) is 26.3 Å². The second-order valence-electron chi connectivity index (χ2n) is 33.7. The molecular weight excluding hydrogens is 2510 g/mol. The van der Waals surface area contributed by atoms with Crippen molar-refractivity contribution in [2.75, 3.05) is 0 Å². The summed E-state index contributed by atoms with van der Waals surface area (Å²) in [5, 5.41) is 0. The molecule has 18 aromatic rings. The lowest BCUT2D eigenvalue weighted by atomic mass is 9.76. The fraction of sp³-hybridized carbons (Fsp3) is 0.0667. The molecule has 0 aliphatic heterocycles. The van der Waals surface area contributed by atoms with E-state index in [4.69, 9.17) is 0 Å². The monoisotopic (exact) mass is 2580 g/mol. The van der Waals surface area contributed by atoms with E-state index in [9.17, 15) is 26.3 Å². The molecule has 0 aromatic heterocycles. The van der Waals surface area contributed by atoms with E-state index in [-0.39, 0.29) is 11.8 Å². The molecule has 0 saturated carbocycles. The number of alkyl halides is 6. The Hall–Kier alpha value is -9.22. The van der Waals surface area contributed by atoms with Crippen molar-refractivity contribution in [1.82, 2.24) is 0 Å². The van der Waals surface area contributed by atoms with Gasteiger partial charge in [-0.1, -0.05) is 473 Å². The number of allylic oxidation sites excluding steroid dienone is 4. The molecule has 0 heterocycles. The van der Waals surface area contributed by atoms with Crippen molar-refractivity contribution in [3.63, 3.8) is 0 Å². The second-order valence-corrected chi connectivity index (χ2v) is 43.8. The Bertz CT molecular complexity index is 7340. The maximum absolute atomic E-state index is 13.4. The first-order valence-corrected chi connectivity index (χ1v) is 53.3. The average molecular weight is 2590 g/mol. The van der Waals surface area contributed by atoms with E-state index in [1.165, 1.54) is 130 Å². The van der Waals surface area contributed by atoms with Crippen LogP contribution in [0.4, 0.5) is 26.3 Å². The van der Waals surface area contributed by atoms with Crippen LogP contribution >= 0.6 is 191 Å². The second kappa shape index (κ2) is 43.7. The molecule has 0 N–H and O–H groups in total. The number of benzene rings is 18. The van der Waals surface area contributed by atoms with Crippen LogP contribution in [-0.2, 0) is 12.4 Å². The third kappa shape index (κ3) is 22.2. The van der Waals surface area contributed by atoms with Crippen LogP contribution in [0.2, 0.25) is 0 Å². The Morgan fingerprint density at radius 2 is 0.420 bits per heavy atom. The van der Waals surface area contributed by atoms with Crippen molar-refractivity contribution in [1.29, 1.82) is 0 Å². The lowest BCUT2D eigenvalue weighted by molar-refractivity contribution is -0.138. The molecule has 684 valence electrons. The van der Waals surface area contributed by atoms with Gasteiger partial charge >= 0.3 is 12.4 Å². The first kappa shape index (κ1) is 100. The van der Waals surface area contributed by atoms with Crippen molar-refractivity contribution in [3.8, 4) is 145 Å². The standard InChI is InChI=1S/C46H34Br4.C42H28Br4.C32H16Br4F6/c1-27-5-13-31(14-6-27)35-21-39(43(47)23-37(35)33-17-9-29(3)10-18-33)41-25-46(50)42(26-45(41)49)40-22-36(32-15-7-28(2)8-16-32)38(24-44(40)48)34-19-11-30(4)12-20-34;43-39-24-33(29-17-9-3-10-18-29)31(27-13-5-1-6-14-27)21-35(39)37-23-38(42(46)26-41(37)45)36-22-32(28-15-7-2-8-16-28)34(25-40(36)44)30-19-11-4-12-20-30;33-23-7-3-1-5-21(23)27-25(17-9-13-19(14-10-17)31(37,38)39)30(36)28(22-6-2-4-8-24(22)34)26(29(27)35)18-11-15-20(16-12-18)32(40,41)42/h5-26H,1-4H3;1-26,31,33H;1-16H. The molecular formula is C120H78Br12F6. The van der Waals surface area contributed by atoms with Gasteiger partial charge in [-0.25, -0.2) is 0 Å². The number of hydrogen-bond acceptors (Lipinski definition) is 0. The number of rotatable bonds is 16. The highest BCUT2D eigenvalue weighted by molar-refractivity contribution is 9.13. The summed E-state index contributed by atoms with van der Waals surface area (Å²) in [6.07, 6.45) is -4.21. The zero-order valence-electron chi connectivity index (χ0n) is 73.9. The van der Waals surface area contributed by atoms with Crippen LogP contribution in [0, 0.1) is 27.7 Å². The third-order valence-electron chi connectivity index (χ3n) is 24.6. The summed E-state index contributed by atoms with van der Waals surface area (Å²) in [5.74, 6) is 0.393. The van der Waals surface area contributed by atoms with Gasteiger partial charge in [0.1, 0.15) is 0 Å². The summed E-state index contributed by atoms with van der Waals surface area (Å²) in [5.41, 5.74) is 34.2. The van der Waals surface area contributed by atoms with Crippen LogP contribution in [0.25, 0.3) is 150 Å². The molecule has 19 rings (SSSR count). The maximum atomic E-state index is 13.4. The SMILES string of the molecule is BrC1=CC(c2ccccc2)C(c2ccccc2)C=C1c1cc(-c2cc(-c3ccccc3)c(-c3ccccc3)cc2Br)c(Br)cc1Br.Cc1ccc(-c2cc(Br)c(-c3cc(Br)c(-c4cc(-c5ccc(C)cc5)c(-c5ccc(C)cc5)cc4Br)cc3Br)cc2-c2ccc(C)cc2)cc1.FC(F)(F)c1ccc(-c2c(Br)c(-c3ccccc3Br)c(-c3ccc(C(F)(F)F)cc3)c(Br)c2-c2ccccc2Br)cc1. The molecule has 0 fully saturated rings. The number of hydrogen-bond donors (Lipinski definition) is 0. The minimum absolute atomic E-state index is 0.181. The highest BCUT2D eigenvalue weighted by Crippen LogP contribution is 2.58. The van der Waals surface area contributed by atoms with Gasteiger partial charge in [0.25, 0.3) is 0 Å². The van der Waals surface area contributed by atoms with Gasteiger partial charge < -0.3 is 0 Å². The molecule has 18 aromatic carbocycles. The Kier molecular flexibility index (Phi) is 31.8. The lowest BCUT2D eigenvalue weighted by Crippen LogP contribution is -2.12. The van der Waals surface area contributed by atoms with E-state index < -0.39 is 23.5 Å². The molecule has 0 amide bonds. The van der Waals surface area contributed by atoms with Crippen molar-refractivity contribution < 1.29 is 26.3 Å². The molecule has 0 spiro atoms. The molecule has 1 aliphatic rings. The lowest BCUT2D eigenvalue weighted by Gasteiger charge is -2.29. The minimum Gasteiger partial charge on any atom is -0.166 e. The van der Waals surface area contributed by atoms with Crippen molar-refractivity contribution in [2.24, 2.45) is 0 Å². The Labute approximate surface area is 901 Å². The molecule has 0 radical (unpaired) electrons. The van der Waals surface area contributed by atoms with Crippen LogP contribution in [0.5, 0.6) is 0 Å². The van der Waals surface area contributed by atoms with E-state index in [2.05, 4.69) is 510 Å². The Balaban J connectivity index is 0.000000144. The van der Waals surface area contributed by atoms with E-state index in [1.807, 2.05) is 48.5 Å². The molecule has 18 heteroatoms. The van der Waals surface area contributed by atoms with Crippen molar-refractivity contribution in [3.05, 3.63) is 492 Å². The van der Waals surface area contributed by atoms with E-state index in [0.717, 1.165) is 119 Å². The molecule has 1 aliphatic carbocycles. The first-order valence-electron chi connectivity index (χ1n) is 43.8. The normalized spacial score (nSPS) is 13.1. The highest BCUT2D eigenvalue weighted by Gasteiger charge is 2.35. The maximum Gasteiger partial charge on any atom is 0.416 e. The topological polar surface area (TPSA) is 0 Å². The summed E-state index contributed by atoms with van der Waals surface area (Å²) >= 11 is 46.6. The highest BCUT2D eigenvalue weighted by atomic mass is 79.9. The van der Waals surface area contributed by atoms with Crippen molar-refractivity contribution >= 4 is 197 Å². The number of halogens is 18. The van der Waals surface area contributed by atoms with Crippen LogP contribution in [0.15, 0.2) is 442 Å². The smallest absolute Gasteiger partial charge is 0.166 e. The van der Waals surface area contributed by atoms with E-state index in [0.29, 0.717) is 42.3 Å². The molecule has 0 saturated heterocycles. The van der Waals surface area contributed by atoms with Gasteiger partial charge in [0, 0.05) is 87.8 Å². The van der Waals surface area contributed by atoms with Crippen LogP contribution in [0.3, 0.4) is 0 Å². The van der Waals surface area contributed by atoms with Gasteiger partial charge in [-0.3, -0.25) is 0 Å². The average Bonchev–Trinajstić information content (AvgIpc) is 0.727. The fourth-order valence-electron chi connectivity index (χ4n) is 17.5. The quantitative estimate of drug-likeness (QED) is 0.0846. The third-order valence-corrected chi connectivity index (χ3v) is 32.8. The Morgan fingerprint density at radius 3 is 0.725 bits per heavy atom.